The van der Waals surface area contributed by atoms with Gasteiger partial charge in [-0.1, -0.05) is 51.1 Å². The zero-order valence-corrected chi connectivity index (χ0v) is 15.0. The van der Waals surface area contributed by atoms with Crippen molar-refractivity contribution < 1.29 is 0 Å². The first-order chi connectivity index (χ1) is 11.6. The summed E-state index contributed by atoms with van der Waals surface area (Å²) in [4.78, 5) is 7.12. The normalized spacial score (nSPS) is 19.0. The summed E-state index contributed by atoms with van der Waals surface area (Å²) in [6.45, 7) is 11.5. The maximum absolute atomic E-state index is 4.81. The fraction of sp³-hybridized carbons (Fsp3) is 0.381. The number of fused-ring (bicyclic) bond motifs is 1. The Morgan fingerprint density at radius 1 is 1.38 bits per heavy atom. The lowest BCUT2D eigenvalue weighted by atomic mass is 9.99. The first-order valence-corrected chi connectivity index (χ1v) is 8.90. The zero-order chi connectivity index (χ0) is 17.1. The van der Waals surface area contributed by atoms with Gasteiger partial charge in [-0.25, -0.2) is 4.99 Å². The highest BCUT2D eigenvalue weighted by molar-refractivity contribution is 6.02. The van der Waals surface area contributed by atoms with E-state index >= 15 is 0 Å². The van der Waals surface area contributed by atoms with Crippen LogP contribution in [-0.2, 0) is 6.42 Å². The average Bonchev–Trinajstić information content (AvgIpc) is 2.97. The number of nitrogens with one attached hydrogen (secondary N) is 1. The van der Waals surface area contributed by atoms with Gasteiger partial charge < -0.3 is 10.2 Å². The predicted molar refractivity (Wildman–Crippen MR) is 103 cm³/mol. The zero-order valence-electron chi connectivity index (χ0n) is 15.0. The third kappa shape index (κ3) is 3.30. The van der Waals surface area contributed by atoms with Gasteiger partial charge in [-0.05, 0) is 43.0 Å². The summed E-state index contributed by atoms with van der Waals surface area (Å²) in [7, 11) is 0. The van der Waals surface area contributed by atoms with Gasteiger partial charge in [0.15, 0.2) is 0 Å². The molecule has 0 radical (unpaired) electrons. The fourth-order valence-corrected chi connectivity index (χ4v) is 3.36. The minimum Gasteiger partial charge on any atom is -0.366 e. The van der Waals surface area contributed by atoms with E-state index in [2.05, 4.69) is 74.0 Å². The van der Waals surface area contributed by atoms with Crippen molar-refractivity contribution in [2.75, 3.05) is 6.54 Å². The second kappa shape index (κ2) is 7.08. The summed E-state index contributed by atoms with van der Waals surface area (Å²) in [5.41, 5.74) is 6.31. The Kier molecular flexibility index (Phi) is 4.89. The van der Waals surface area contributed by atoms with Gasteiger partial charge in [0.05, 0.1) is 12.2 Å². The van der Waals surface area contributed by atoms with E-state index in [1.807, 2.05) is 0 Å². The summed E-state index contributed by atoms with van der Waals surface area (Å²) >= 11 is 0. The number of amidine groups is 1. The van der Waals surface area contributed by atoms with Crippen LogP contribution in [0.15, 0.2) is 53.7 Å². The van der Waals surface area contributed by atoms with E-state index in [1.54, 1.807) is 0 Å². The Bertz CT molecular complexity index is 725. The van der Waals surface area contributed by atoms with Gasteiger partial charge in [0.1, 0.15) is 12.0 Å². The molecular weight excluding hydrogens is 294 g/mol. The molecule has 1 aromatic carbocycles. The van der Waals surface area contributed by atoms with Crippen molar-refractivity contribution in [3.05, 3.63) is 65.4 Å². The van der Waals surface area contributed by atoms with Gasteiger partial charge in [0, 0.05) is 11.3 Å². The highest BCUT2D eigenvalue weighted by Gasteiger charge is 2.28. The SMILES string of the molecule is C=C(CCC)NC1CN2C(c3ccc(CC)cc3C)=CC=CC2=N1. The maximum Gasteiger partial charge on any atom is 0.138 e. The number of aryl methyl sites for hydroxylation is 2. The van der Waals surface area contributed by atoms with Crippen LogP contribution in [0.25, 0.3) is 5.70 Å². The molecule has 3 rings (SSSR count). The van der Waals surface area contributed by atoms with Gasteiger partial charge in [0.2, 0.25) is 0 Å². The van der Waals surface area contributed by atoms with Crippen LogP contribution in [0, 0.1) is 6.92 Å². The van der Waals surface area contributed by atoms with Crippen LogP contribution in [0.4, 0.5) is 0 Å². The molecular formula is C21H27N3. The monoisotopic (exact) mass is 321 g/mol. The molecule has 2 aliphatic heterocycles. The average molecular weight is 321 g/mol. The lowest BCUT2D eigenvalue weighted by molar-refractivity contribution is 0.506. The summed E-state index contributed by atoms with van der Waals surface area (Å²) in [5.74, 6) is 1.04. The number of aliphatic imine (C=N–C) groups is 1. The first kappa shape index (κ1) is 16.6. The highest BCUT2D eigenvalue weighted by atomic mass is 15.3. The molecule has 1 N–H and O–H groups in total. The van der Waals surface area contributed by atoms with Crippen LogP contribution in [0.3, 0.4) is 0 Å². The van der Waals surface area contributed by atoms with Crippen molar-refractivity contribution in [3.63, 3.8) is 0 Å². The largest absolute Gasteiger partial charge is 0.366 e. The van der Waals surface area contributed by atoms with E-state index in [0.717, 1.165) is 37.3 Å². The minimum atomic E-state index is 0.0837. The van der Waals surface area contributed by atoms with Crippen LogP contribution in [0.5, 0.6) is 0 Å². The van der Waals surface area contributed by atoms with Gasteiger partial charge >= 0.3 is 0 Å². The minimum absolute atomic E-state index is 0.0837. The standard InChI is InChI=1S/C21H27N3/c1-5-8-16(4)22-20-14-24-19(9-7-10-21(24)23-20)18-12-11-17(6-2)13-15(18)3/h7,9-13,20,22H,4-6,8,14H2,1-3H3. The van der Waals surface area contributed by atoms with Crippen molar-refractivity contribution in [3.8, 4) is 0 Å². The van der Waals surface area contributed by atoms with Gasteiger partial charge in [0.25, 0.3) is 0 Å². The summed E-state index contributed by atoms with van der Waals surface area (Å²) in [6, 6.07) is 6.76. The van der Waals surface area contributed by atoms with Crippen LogP contribution in [-0.4, -0.2) is 23.4 Å². The first-order valence-electron chi connectivity index (χ1n) is 8.90. The smallest absolute Gasteiger partial charge is 0.138 e. The van der Waals surface area contributed by atoms with Crippen LogP contribution < -0.4 is 5.32 Å². The maximum atomic E-state index is 4.81. The number of nitrogens with zero attached hydrogens (tertiary/aromatic N) is 2. The predicted octanol–water partition coefficient (Wildman–Crippen LogP) is 4.41. The molecule has 0 spiro atoms. The molecule has 2 heterocycles. The number of hydrogen-bond donors (Lipinski definition) is 1. The molecule has 1 unspecified atom stereocenters. The van der Waals surface area contributed by atoms with Crippen LogP contribution >= 0.6 is 0 Å². The second-order valence-corrected chi connectivity index (χ2v) is 6.53. The highest BCUT2D eigenvalue weighted by Crippen LogP contribution is 2.29. The Balaban J connectivity index is 1.81. The molecule has 3 nitrogen and oxygen atoms in total. The number of allylic oxidation sites excluding steroid dienone is 3. The molecule has 0 saturated carbocycles. The summed E-state index contributed by atoms with van der Waals surface area (Å²) in [6.07, 6.45) is 9.63. The van der Waals surface area contributed by atoms with E-state index in [4.69, 9.17) is 4.99 Å². The van der Waals surface area contributed by atoms with E-state index in [0.29, 0.717) is 0 Å². The van der Waals surface area contributed by atoms with Gasteiger partial charge in [-0.2, -0.15) is 0 Å². The third-order valence-corrected chi connectivity index (χ3v) is 4.61. The van der Waals surface area contributed by atoms with Crippen molar-refractivity contribution in [1.29, 1.82) is 0 Å². The van der Waals surface area contributed by atoms with E-state index in [1.165, 1.54) is 22.4 Å². The van der Waals surface area contributed by atoms with Crippen LogP contribution in [0.2, 0.25) is 0 Å². The molecule has 1 atom stereocenters. The Morgan fingerprint density at radius 2 is 2.21 bits per heavy atom. The second-order valence-electron chi connectivity index (χ2n) is 6.53. The molecule has 0 aliphatic carbocycles. The molecule has 3 heteroatoms. The molecule has 0 bridgehead atoms. The molecule has 0 aromatic heterocycles. The van der Waals surface area contributed by atoms with Gasteiger partial charge in [-0.3, -0.25) is 0 Å². The summed E-state index contributed by atoms with van der Waals surface area (Å²) in [5, 5.41) is 3.46. The van der Waals surface area contributed by atoms with Crippen LogP contribution in [0.1, 0.15) is 43.4 Å². The molecule has 1 aromatic rings. The molecule has 0 saturated heterocycles. The van der Waals surface area contributed by atoms with Crippen molar-refractivity contribution in [2.24, 2.45) is 4.99 Å². The lowest BCUT2D eigenvalue weighted by Gasteiger charge is -2.27. The number of benzene rings is 1. The topological polar surface area (TPSA) is 27.6 Å². The molecule has 2 aliphatic rings. The number of hydrogen-bond acceptors (Lipinski definition) is 3. The van der Waals surface area contributed by atoms with Crippen molar-refractivity contribution in [2.45, 2.75) is 46.2 Å². The van der Waals surface area contributed by atoms with Gasteiger partial charge in [-0.15, -0.1) is 0 Å². The molecule has 24 heavy (non-hydrogen) atoms. The fourth-order valence-electron chi connectivity index (χ4n) is 3.36. The molecule has 0 fully saturated rings. The molecule has 0 amide bonds. The Hall–Kier alpha value is -2.29. The van der Waals surface area contributed by atoms with E-state index in [9.17, 15) is 0 Å². The van der Waals surface area contributed by atoms with Crippen molar-refractivity contribution >= 4 is 11.5 Å². The number of rotatable bonds is 6. The Morgan fingerprint density at radius 3 is 2.92 bits per heavy atom. The van der Waals surface area contributed by atoms with Crippen molar-refractivity contribution in [1.82, 2.24) is 10.2 Å². The Labute approximate surface area is 145 Å². The third-order valence-electron chi connectivity index (χ3n) is 4.61. The van der Waals surface area contributed by atoms with E-state index in [-0.39, 0.29) is 6.17 Å². The summed E-state index contributed by atoms with van der Waals surface area (Å²) < 4.78 is 0. The van der Waals surface area contributed by atoms with E-state index < -0.39 is 0 Å². The lowest BCUT2D eigenvalue weighted by Crippen LogP contribution is -2.34. The molecule has 126 valence electrons. The quantitative estimate of drug-likeness (QED) is 0.840.